The zero-order valence-corrected chi connectivity index (χ0v) is 18.5. The number of carbonyl (C=O) groups excluding carboxylic acids is 1. The lowest BCUT2D eigenvalue weighted by Crippen LogP contribution is -2.43. The predicted octanol–water partition coefficient (Wildman–Crippen LogP) is 7.04. The molecule has 0 saturated heterocycles. The number of rotatable bonds is 16. The number of hydrogen-bond donors (Lipinski definition) is 1. The predicted molar refractivity (Wildman–Crippen MR) is 114 cm³/mol. The van der Waals surface area contributed by atoms with Crippen LogP contribution in [-0.4, -0.2) is 23.1 Å². The molecule has 0 spiro atoms. The van der Waals surface area contributed by atoms with Gasteiger partial charge in [0.1, 0.15) is 6.10 Å². The first kappa shape index (κ1) is 25.0. The standard InChI is InChI=1S/C24H44O4/c1-3-5-7-9-11-14-18-21(17-13-10-8-6-4-2)28-23(27)24(22(25)26)19-15-12-16-20-24/h21H,3-20H2,1-2H3,(H,25,26). The molecule has 164 valence electrons. The Labute approximate surface area is 172 Å². The number of carboxylic acids is 1. The van der Waals surface area contributed by atoms with Crippen LogP contribution in [0.25, 0.3) is 0 Å². The molecule has 0 amide bonds. The Morgan fingerprint density at radius 1 is 0.786 bits per heavy atom. The summed E-state index contributed by atoms with van der Waals surface area (Å²) in [5.41, 5.74) is -1.29. The Kier molecular flexibility index (Phi) is 13.3. The first-order chi connectivity index (χ1) is 13.6. The fraction of sp³-hybridized carbons (Fsp3) is 0.917. The highest BCUT2D eigenvalue weighted by molar-refractivity contribution is 5.99. The molecule has 0 aromatic heterocycles. The van der Waals surface area contributed by atoms with E-state index in [0.717, 1.165) is 44.9 Å². The van der Waals surface area contributed by atoms with Gasteiger partial charge in [0.05, 0.1) is 0 Å². The van der Waals surface area contributed by atoms with Gasteiger partial charge in [-0.25, -0.2) is 0 Å². The molecule has 4 heteroatoms. The molecule has 1 unspecified atom stereocenters. The molecule has 0 aromatic rings. The lowest BCUT2D eigenvalue weighted by molar-refractivity contribution is -0.175. The highest BCUT2D eigenvalue weighted by atomic mass is 16.5. The van der Waals surface area contributed by atoms with Gasteiger partial charge in [-0.05, 0) is 38.5 Å². The molecule has 0 aliphatic heterocycles. The van der Waals surface area contributed by atoms with Crippen LogP contribution in [-0.2, 0) is 14.3 Å². The molecule has 4 nitrogen and oxygen atoms in total. The van der Waals surface area contributed by atoms with E-state index in [2.05, 4.69) is 13.8 Å². The smallest absolute Gasteiger partial charge is 0.323 e. The molecule has 1 atom stereocenters. The van der Waals surface area contributed by atoms with Crippen LogP contribution in [0.3, 0.4) is 0 Å². The summed E-state index contributed by atoms with van der Waals surface area (Å²) in [6, 6.07) is 0. The summed E-state index contributed by atoms with van der Waals surface area (Å²) in [6.07, 6.45) is 18.4. The molecule has 1 saturated carbocycles. The van der Waals surface area contributed by atoms with E-state index in [0.29, 0.717) is 12.8 Å². The van der Waals surface area contributed by atoms with Crippen LogP contribution in [0.1, 0.15) is 129 Å². The van der Waals surface area contributed by atoms with Crippen LogP contribution in [0.5, 0.6) is 0 Å². The minimum Gasteiger partial charge on any atom is -0.480 e. The molecular formula is C24H44O4. The summed E-state index contributed by atoms with van der Waals surface area (Å²) in [7, 11) is 0. The second kappa shape index (κ2) is 14.9. The maximum Gasteiger partial charge on any atom is 0.323 e. The molecular weight excluding hydrogens is 352 g/mol. The highest BCUT2D eigenvalue weighted by Crippen LogP contribution is 2.38. The maximum atomic E-state index is 12.9. The summed E-state index contributed by atoms with van der Waals surface area (Å²) in [5.74, 6) is -1.46. The summed E-state index contributed by atoms with van der Waals surface area (Å²) in [6.45, 7) is 4.43. The molecule has 1 aliphatic carbocycles. The van der Waals surface area contributed by atoms with Crippen molar-refractivity contribution >= 4 is 11.9 Å². The molecule has 0 bridgehead atoms. The van der Waals surface area contributed by atoms with Gasteiger partial charge in [-0.15, -0.1) is 0 Å². The van der Waals surface area contributed by atoms with Crippen LogP contribution in [0.15, 0.2) is 0 Å². The van der Waals surface area contributed by atoms with Crippen molar-refractivity contribution < 1.29 is 19.4 Å². The van der Waals surface area contributed by atoms with E-state index in [1.54, 1.807) is 0 Å². The Hall–Kier alpha value is -1.06. The average molecular weight is 397 g/mol. The second-order valence-electron chi connectivity index (χ2n) is 8.73. The Balaban J connectivity index is 2.55. The van der Waals surface area contributed by atoms with Crippen LogP contribution >= 0.6 is 0 Å². The topological polar surface area (TPSA) is 63.6 Å². The quantitative estimate of drug-likeness (QED) is 0.172. The van der Waals surface area contributed by atoms with Gasteiger partial charge in [0.25, 0.3) is 0 Å². The number of esters is 1. The molecule has 1 fully saturated rings. The zero-order chi connectivity index (χ0) is 20.7. The van der Waals surface area contributed by atoms with Crippen molar-refractivity contribution in [2.24, 2.45) is 5.41 Å². The average Bonchev–Trinajstić information content (AvgIpc) is 2.70. The Morgan fingerprint density at radius 3 is 1.71 bits per heavy atom. The molecule has 0 heterocycles. The van der Waals surface area contributed by atoms with Gasteiger partial charge in [-0.2, -0.15) is 0 Å². The van der Waals surface area contributed by atoms with Crippen molar-refractivity contribution in [2.45, 2.75) is 136 Å². The third-order valence-electron chi connectivity index (χ3n) is 6.29. The van der Waals surface area contributed by atoms with E-state index in [-0.39, 0.29) is 6.10 Å². The van der Waals surface area contributed by atoms with Crippen LogP contribution < -0.4 is 0 Å². The summed E-state index contributed by atoms with van der Waals surface area (Å²) >= 11 is 0. The van der Waals surface area contributed by atoms with Crippen LogP contribution in [0.2, 0.25) is 0 Å². The number of ether oxygens (including phenoxy) is 1. The lowest BCUT2D eigenvalue weighted by Gasteiger charge is -2.32. The van der Waals surface area contributed by atoms with E-state index < -0.39 is 17.4 Å². The minimum atomic E-state index is -1.29. The molecule has 1 rings (SSSR count). The Bertz CT molecular complexity index is 426. The van der Waals surface area contributed by atoms with Crippen LogP contribution in [0, 0.1) is 5.41 Å². The maximum absolute atomic E-state index is 12.9. The van der Waals surface area contributed by atoms with E-state index in [1.807, 2.05) is 0 Å². The number of carboxylic acid groups (broad SMARTS) is 1. The largest absolute Gasteiger partial charge is 0.480 e. The van der Waals surface area contributed by atoms with Crippen molar-refractivity contribution in [2.75, 3.05) is 0 Å². The zero-order valence-electron chi connectivity index (χ0n) is 18.5. The molecule has 0 radical (unpaired) electrons. The third-order valence-corrected chi connectivity index (χ3v) is 6.29. The van der Waals surface area contributed by atoms with Gasteiger partial charge in [-0.3, -0.25) is 9.59 Å². The number of hydrogen-bond acceptors (Lipinski definition) is 3. The van der Waals surface area contributed by atoms with Crippen molar-refractivity contribution in [1.82, 2.24) is 0 Å². The van der Waals surface area contributed by atoms with E-state index in [4.69, 9.17) is 4.74 Å². The fourth-order valence-corrected chi connectivity index (χ4v) is 4.31. The SMILES string of the molecule is CCCCCCCCC(CCCCCCC)OC(=O)C1(C(=O)O)CCCCC1. The number of carbonyl (C=O) groups is 2. The van der Waals surface area contributed by atoms with Gasteiger partial charge < -0.3 is 9.84 Å². The first-order valence-corrected chi connectivity index (χ1v) is 12.0. The first-order valence-electron chi connectivity index (χ1n) is 12.0. The monoisotopic (exact) mass is 396 g/mol. The van der Waals surface area contributed by atoms with E-state index in [1.165, 1.54) is 57.8 Å². The molecule has 1 N–H and O–H groups in total. The summed E-state index contributed by atoms with van der Waals surface area (Å²) < 4.78 is 5.87. The van der Waals surface area contributed by atoms with Gasteiger partial charge in [0.15, 0.2) is 5.41 Å². The van der Waals surface area contributed by atoms with Crippen molar-refractivity contribution in [1.29, 1.82) is 0 Å². The fourth-order valence-electron chi connectivity index (χ4n) is 4.31. The number of aliphatic carboxylic acids is 1. The third kappa shape index (κ3) is 8.96. The number of unbranched alkanes of at least 4 members (excludes halogenated alkanes) is 9. The van der Waals surface area contributed by atoms with Crippen molar-refractivity contribution in [3.05, 3.63) is 0 Å². The highest BCUT2D eigenvalue weighted by Gasteiger charge is 2.48. The molecule has 0 aromatic carbocycles. The van der Waals surface area contributed by atoms with Gasteiger partial charge in [0, 0.05) is 0 Å². The van der Waals surface area contributed by atoms with Gasteiger partial charge >= 0.3 is 11.9 Å². The van der Waals surface area contributed by atoms with E-state index in [9.17, 15) is 14.7 Å². The van der Waals surface area contributed by atoms with Gasteiger partial charge in [0.2, 0.25) is 0 Å². The van der Waals surface area contributed by atoms with Crippen molar-refractivity contribution in [3.8, 4) is 0 Å². The van der Waals surface area contributed by atoms with Crippen LogP contribution in [0.4, 0.5) is 0 Å². The second-order valence-corrected chi connectivity index (χ2v) is 8.73. The normalized spacial score (nSPS) is 17.2. The summed E-state index contributed by atoms with van der Waals surface area (Å²) in [4.78, 5) is 24.8. The summed E-state index contributed by atoms with van der Waals surface area (Å²) in [5, 5.41) is 9.74. The van der Waals surface area contributed by atoms with Crippen molar-refractivity contribution in [3.63, 3.8) is 0 Å². The Morgan fingerprint density at radius 2 is 1.25 bits per heavy atom. The molecule has 28 heavy (non-hydrogen) atoms. The van der Waals surface area contributed by atoms with E-state index >= 15 is 0 Å². The minimum absolute atomic E-state index is 0.113. The van der Waals surface area contributed by atoms with Gasteiger partial charge in [-0.1, -0.05) is 90.9 Å². The lowest BCUT2D eigenvalue weighted by atomic mass is 9.74. The molecule has 1 aliphatic rings.